The van der Waals surface area contributed by atoms with E-state index < -0.39 is 0 Å². The van der Waals surface area contributed by atoms with Gasteiger partial charge in [-0.2, -0.15) is 0 Å². The third kappa shape index (κ3) is 6.49. The van der Waals surface area contributed by atoms with Crippen LogP contribution in [0.15, 0.2) is 24.3 Å². The van der Waals surface area contributed by atoms with Crippen LogP contribution in [0.2, 0.25) is 0 Å². The number of hydrogen-bond donors (Lipinski definition) is 2. The van der Waals surface area contributed by atoms with Crippen LogP contribution in [0.3, 0.4) is 0 Å². The Morgan fingerprint density at radius 3 is 2.95 bits per heavy atom. The van der Waals surface area contributed by atoms with Crippen molar-refractivity contribution in [3.63, 3.8) is 0 Å². The molecule has 1 aromatic carbocycles. The molecule has 0 aliphatic heterocycles. The van der Waals surface area contributed by atoms with Crippen molar-refractivity contribution in [3.8, 4) is 5.75 Å². The van der Waals surface area contributed by atoms with Crippen LogP contribution in [-0.4, -0.2) is 32.9 Å². The van der Waals surface area contributed by atoms with Crippen molar-refractivity contribution in [2.75, 3.05) is 26.9 Å². The molecule has 116 valence electrons. The summed E-state index contributed by atoms with van der Waals surface area (Å²) in [6.07, 6.45) is 3.47. The van der Waals surface area contributed by atoms with Crippen molar-refractivity contribution in [1.29, 1.82) is 0 Å². The summed E-state index contributed by atoms with van der Waals surface area (Å²) in [5.74, 6) is 1.59. The maximum Gasteiger partial charge on any atom is 0.315 e. The molecule has 21 heavy (non-hydrogen) atoms. The van der Waals surface area contributed by atoms with Gasteiger partial charge in [0.1, 0.15) is 5.75 Å². The number of amides is 2. The van der Waals surface area contributed by atoms with Crippen LogP contribution in [0.25, 0.3) is 0 Å². The second-order valence-corrected chi connectivity index (χ2v) is 5.33. The zero-order chi connectivity index (χ0) is 14.9. The molecular weight excluding hydrogens is 268 g/mol. The van der Waals surface area contributed by atoms with E-state index in [0.29, 0.717) is 19.7 Å². The summed E-state index contributed by atoms with van der Waals surface area (Å²) in [6, 6.07) is 7.50. The van der Waals surface area contributed by atoms with E-state index in [-0.39, 0.29) is 6.03 Å². The second kappa shape index (κ2) is 8.52. The minimum absolute atomic E-state index is 0.153. The van der Waals surface area contributed by atoms with Crippen molar-refractivity contribution >= 4 is 6.03 Å². The minimum atomic E-state index is -0.153. The molecule has 1 saturated carbocycles. The van der Waals surface area contributed by atoms with E-state index in [1.165, 1.54) is 12.8 Å². The molecule has 0 heterocycles. The molecule has 2 amide bonds. The maximum absolute atomic E-state index is 11.6. The van der Waals surface area contributed by atoms with E-state index in [9.17, 15) is 4.79 Å². The predicted octanol–water partition coefficient (Wildman–Crippen LogP) is 2.31. The van der Waals surface area contributed by atoms with Crippen LogP contribution in [0.5, 0.6) is 5.75 Å². The van der Waals surface area contributed by atoms with Crippen LogP contribution >= 0.6 is 0 Å². The summed E-state index contributed by atoms with van der Waals surface area (Å²) in [5, 5.41) is 5.65. The third-order valence-corrected chi connectivity index (χ3v) is 3.39. The summed E-state index contributed by atoms with van der Waals surface area (Å²) < 4.78 is 10.7. The lowest BCUT2D eigenvalue weighted by Gasteiger charge is -2.09. The van der Waals surface area contributed by atoms with E-state index in [1.54, 1.807) is 7.11 Å². The molecule has 0 atom stereocenters. The fourth-order valence-electron chi connectivity index (χ4n) is 1.94. The number of rotatable bonds is 9. The molecule has 0 unspecified atom stereocenters. The van der Waals surface area contributed by atoms with Gasteiger partial charge in [-0.1, -0.05) is 12.1 Å². The van der Waals surface area contributed by atoms with E-state index in [1.807, 2.05) is 24.3 Å². The number of hydrogen-bond acceptors (Lipinski definition) is 3. The number of methoxy groups -OCH3 is 1. The molecule has 0 spiro atoms. The van der Waals surface area contributed by atoms with Gasteiger partial charge in [0.15, 0.2) is 0 Å². The molecule has 1 fully saturated rings. The SMILES string of the molecule is COc1cccc(CNC(=O)NCCCOCC2CC2)c1. The largest absolute Gasteiger partial charge is 0.497 e. The number of benzene rings is 1. The summed E-state index contributed by atoms with van der Waals surface area (Å²) >= 11 is 0. The van der Waals surface area contributed by atoms with Gasteiger partial charge in [0.25, 0.3) is 0 Å². The predicted molar refractivity (Wildman–Crippen MR) is 81.4 cm³/mol. The molecule has 0 radical (unpaired) electrons. The fourth-order valence-corrected chi connectivity index (χ4v) is 1.94. The van der Waals surface area contributed by atoms with Gasteiger partial charge in [-0.05, 0) is 42.9 Å². The van der Waals surface area contributed by atoms with Gasteiger partial charge in [-0.3, -0.25) is 0 Å². The van der Waals surface area contributed by atoms with Gasteiger partial charge < -0.3 is 20.1 Å². The Balaban J connectivity index is 1.52. The van der Waals surface area contributed by atoms with Crippen LogP contribution in [0.1, 0.15) is 24.8 Å². The normalized spacial score (nSPS) is 13.8. The lowest BCUT2D eigenvalue weighted by molar-refractivity contribution is 0.122. The van der Waals surface area contributed by atoms with Crippen LogP contribution in [0, 0.1) is 5.92 Å². The molecule has 1 aliphatic rings. The zero-order valence-corrected chi connectivity index (χ0v) is 12.6. The Labute approximate surface area is 126 Å². The summed E-state index contributed by atoms with van der Waals surface area (Å²) in [5.41, 5.74) is 1.01. The van der Waals surface area contributed by atoms with Gasteiger partial charge >= 0.3 is 6.03 Å². The van der Waals surface area contributed by atoms with Gasteiger partial charge in [-0.25, -0.2) is 4.79 Å². The zero-order valence-electron chi connectivity index (χ0n) is 12.6. The topological polar surface area (TPSA) is 59.6 Å². The van der Waals surface area contributed by atoms with Crippen molar-refractivity contribution in [3.05, 3.63) is 29.8 Å². The van der Waals surface area contributed by atoms with Crippen LogP contribution < -0.4 is 15.4 Å². The van der Waals surface area contributed by atoms with Crippen LogP contribution in [0.4, 0.5) is 4.79 Å². The first-order valence-electron chi connectivity index (χ1n) is 7.50. The fraction of sp³-hybridized carbons (Fsp3) is 0.562. The molecule has 2 N–H and O–H groups in total. The highest BCUT2D eigenvalue weighted by atomic mass is 16.5. The summed E-state index contributed by atoms with van der Waals surface area (Å²) in [6.45, 7) is 2.71. The van der Waals surface area contributed by atoms with E-state index in [4.69, 9.17) is 9.47 Å². The van der Waals surface area contributed by atoms with E-state index >= 15 is 0 Å². The van der Waals surface area contributed by atoms with Crippen molar-refractivity contribution < 1.29 is 14.3 Å². The lowest BCUT2D eigenvalue weighted by Crippen LogP contribution is -2.35. The molecule has 0 aromatic heterocycles. The average molecular weight is 292 g/mol. The van der Waals surface area contributed by atoms with Gasteiger partial charge in [-0.15, -0.1) is 0 Å². The Morgan fingerprint density at radius 1 is 1.33 bits per heavy atom. The third-order valence-electron chi connectivity index (χ3n) is 3.39. The van der Waals surface area contributed by atoms with Gasteiger partial charge in [0.2, 0.25) is 0 Å². The van der Waals surface area contributed by atoms with Gasteiger partial charge in [0, 0.05) is 26.3 Å². The quantitative estimate of drug-likeness (QED) is 0.687. The minimum Gasteiger partial charge on any atom is -0.497 e. The Hall–Kier alpha value is -1.75. The number of nitrogens with one attached hydrogen (secondary N) is 2. The standard InChI is InChI=1S/C16H24N2O3/c1-20-15-5-2-4-14(10-15)11-18-16(19)17-8-3-9-21-12-13-6-7-13/h2,4-5,10,13H,3,6-9,11-12H2,1H3,(H2,17,18,19). The van der Waals surface area contributed by atoms with Crippen molar-refractivity contribution in [2.45, 2.75) is 25.8 Å². The monoisotopic (exact) mass is 292 g/mol. The van der Waals surface area contributed by atoms with E-state index in [0.717, 1.165) is 30.3 Å². The highest BCUT2D eigenvalue weighted by Crippen LogP contribution is 2.28. The molecule has 2 rings (SSSR count). The highest BCUT2D eigenvalue weighted by Gasteiger charge is 2.20. The molecular formula is C16H24N2O3. The molecule has 5 heteroatoms. The highest BCUT2D eigenvalue weighted by molar-refractivity contribution is 5.73. The molecule has 0 bridgehead atoms. The van der Waals surface area contributed by atoms with E-state index in [2.05, 4.69) is 10.6 Å². The number of urea groups is 1. The lowest BCUT2D eigenvalue weighted by atomic mass is 10.2. The first kappa shape index (κ1) is 15.6. The molecule has 5 nitrogen and oxygen atoms in total. The number of ether oxygens (including phenoxy) is 2. The Morgan fingerprint density at radius 2 is 2.19 bits per heavy atom. The number of carbonyl (C=O) groups excluding carboxylic acids is 1. The van der Waals surface area contributed by atoms with Crippen molar-refractivity contribution in [2.24, 2.45) is 5.92 Å². The average Bonchev–Trinajstić information content (AvgIpc) is 3.33. The molecule has 0 saturated heterocycles. The Bertz CT molecular complexity index is 447. The first-order valence-corrected chi connectivity index (χ1v) is 7.50. The van der Waals surface area contributed by atoms with Crippen LogP contribution in [-0.2, 0) is 11.3 Å². The van der Waals surface area contributed by atoms with Crippen molar-refractivity contribution in [1.82, 2.24) is 10.6 Å². The molecule has 1 aliphatic carbocycles. The summed E-state index contributed by atoms with van der Waals surface area (Å²) in [7, 11) is 1.63. The second-order valence-electron chi connectivity index (χ2n) is 5.33. The smallest absolute Gasteiger partial charge is 0.315 e. The Kier molecular flexibility index (Phi) is 6.34. The molecule has 1 aromatic rings. The maximum atomic E-state index is 11.6. The summed E-state index contributed by atoms with van der Waals surface area (Å²) in [4.78, 5) is 11.6. The number of carbonyl (C=O) groups is 1. The first-order chi connectivity index (χ1) is 10.3. The van der Waals surface area contributed by atoms with Gasteiger partial charge in [0.05, 0.1) is 7.11 Å².